The molecule has 26 heavy (non-hydrogen) atoms. The number of hydrogen-bond acceptors (Lipinski definition) is 3. The molecule has 4 heteroatoms. The van der Waals surface area contributed by atoms with Gasteiger partial charge in [-0.25, -0.2) is 0 Å². The van der Waals surface area contributed by atoms with E-state index in [1.54, 1.807) is 0 Å². The molecule has 0 spiro atoms. The molecule has 0 unspecified atom stereocenters. The third kappa shape index (κ3) is 4.63. The van der Waals surface area contributed by atoms with Gasteiger partial charge >= 0.3 is 0 Å². The number of hydrogen-bond donors (Lipinski definition) is 2. The van der Waals surface area contributed by atoms with Crippen LogP contribution < -0.4 is 16.4 Å². The highest BCUT2D eigenvalue weighted by Crippen LogP contribution is 2.29. The van der Waals surface area contributed by atoms with Gasteiger partial charge in [0.15, 0.2) is 0 Å². The van der Waals surface area contributed by atoms with Crippen molar-refractivity contribution in [3.8, 4) is 0 Å². The van der Waals surface area contributed by atoms with E-state index in [1.165, 1.54) is 20.4 Å². The maximum absolute atomic E-state index is 6.07. The molecule has 0 aliphatic rings. The molecule has 134 valence electrons. The minimum Gasteiger partial charge on any atom is -0.363 e. The van der Waals surface area contributed by atoms with Crippen molar-refractivity contribution >= 4 is 28.3 Å². The van der Waals surface area contributed by atoms with Crippen LogP contribution in [0, 0.1) is 3.57 Å². The number of anilines is 1. The molecule has 0 aliphatic heterocycles. The lowest BCUT2D eigenvalue weighted by atomic mass is 10.1. The number of halogens is 1. The summed E-state index contributed by atoms with van der Waals surface area (Å²) in [7, 11) is 0. The van der Waals surface area contributed by atoms with Crippen molar-refractivity contribution in [2.24, 2.45) is 11.5 Å². The number of rotatable bonds is 7. The van der Waals surface area contributed by atoms with E-state index in [0.29, 0.717) is 13.1 Å². The normalized spacial score (nSPS) is 10.7. The molecule has 3 aromatic rings. The molecule has 0 aliphatic carbocycles. The lowest BCUT2D eigenvalue weighted by Gasteiger charge is -2.28. The quantitative estimate of drug-likeness (QED) is 0.517. The summed E-state index contributed by atoms with van der Waals surface area (Å²) in [5.74, 6) is 0. The van der Waals surface area contributed by atoms with Gasteiger partial charge in [-0.05, 0) is 57.0 Å². The highest BCUT2D eigenvalue weighted by molar-refractivity contribution is 14.1. The molecular weight excluding hydrogens is 433 g/mol. The summed E-state index contributed by atoms with van der Waals surface area (Å²) in [6.07, 6.45) is 0. The van der Waals surface area contributed by atoms with E-state index >= 15 is 0 Å². The van der Waals surface area contributed by atoms with Gasteiger partial charge in [0, 0.05) is 35.4 Å². The maximum atomic E-state index is 6.07. The van der Waals surface area contributed by atoms with Crippen LogP contribution in [0.3, 0.4) is 0 Å². The molecule has 0 bridgehead atoms. The van der Waals surface area contributed by atoms with Gasteiger partial charge in [0.2, 0.25) is 0 Å². The standard InChI is InChI=1S/C22H24IN3/c23-21-11-20(14-25)22(12-19(21)13-24)26(15-17-7-3-1-4-8-17)16-18-9-5-2-6-10-18/h1-12H,13-16,24-25H2. The maximum Gasteiger partial charge on any atom is 0.0433 e. The summed E-state index contributed by atoms with van der Waals surface area (Å²) in [6, 6.07) is 25.5. The summed E-state index contributed by atoms with van der Waals surface area (Å²) < 4.78 is 1.17. The molecule has 0 saturated carbocycles. The molecule has 3 aromatic carbocycles. The van der Waals surface area contributed by atoms with E-state index in [-0.39, 0.29) is 0 Å². The van der Waals surface area contributed by atoms with E-state index in [2.05, 4.69) is 88.2 Å². The van der Waals surface area contributed by atoms with Gasteiger partial charge in [-0.15, -0.1) is 0 Å². The van der Waals surface area contributed by atoms with Crippen LogP contribution in [0.15, 0.2) is 72.8 Å². The summed E-state index contributed by atoms with van der Waals surface area (Å²) in [4.78, 5) is 2.39. The molecule has 3 rings (SSSR count). The first-order chi connectivity index (χ1) is 12.7. The van der Waals surface area contributed by atoms with Crippen molar-refractivity contribution in [3.63, 3.8) is 0 Å². The van der Waals surface area contributed by atoms with Crippen molar-refractivity contribution in [1.82, 2.24) is 0 Å². The first kappa shape index (κ1) is 18.9. The van der Waals surface area contributed by atoms with E-state index in [4.69, 9.17) is 11.5 Å². The van der Waals surface area contributed by atoms with E-state index in [1.807, 2.05) is 12.1 Å². The Morgan fingerprint density at radius 2 is 1.19 bits per heavy atom. The van der Waals surface area contributed by atoms with E-state index in [9.17, 15) is 0 Å². The van der Waals surface area contributed by atoms with Crippen LogP contribution in [0.2, 0.25) is 0 Å². The van der Waals surface area contributed by atoms with Crippen LogP contribution in [-0.4, -0.2) is 0 Å². The number of nitrogens with two attached hydrogens (primary N) is 2. The van der Waals surface area contributed by atoms with E-state index < -0.39 is 0 Å². The molecule has 0 heterocycles. The number of nitrogens with zero attached hydrogens (tertiary/aromatic N) is 1. The van der Waals surface area contributed by atoms with Crippen LogP contribution in [0.25, 0.3) is 0 Å². The van der Waals surface area contributed by atoms with Crippen molar-refractivity contribution in [1.29, 1.82) is 0 Å². The molecule has 0 atom stereocenters. The molecule has 0 radical (unpaired) electrons. The topological polar surface area (TPSA) is 55.3 Å². The Morgan fingerprint density at radius 1 is 0.692 bits per heavy atom. The average Bonchev–Trinajstić information content (AvgIpc) is 2.69. The minimum absolute atomic E-state index is 0.510. The largest absolute Gasteiger partial charge is 0.363 e. The Balaban J connectivity index is 2.02. The van der Waals surface area contributed by atoms with Gasteiger partial charge < -0.3 is 16.4 Å². The zero-order chi connectivity index (χ0) is 18.4. The minimum atomic E-state index is 0.510. The highest BCUT2D eigenvalue weighted by atomic mass is 127. The fraction of sp³-hybridized carbons (Fsp3) is 0.182. The summed E-state index contributed by atoms with van der Waals surface area (Å²) in [5.41, 5.74) is 18.1. The Morgan fingerprint density at radius 3 is 1.65 bits per heavy atom. The Labute approximate surface area is 169 Å². The second kappa shape index (κ2) is 9.16. The van der Waals surface area contributed by atoms with Crippen molar-refractivity contribution in [2.45, 2.75) is 26.2 Å². The lowest BCUT2D eigenvalue weighted by molar-refractivity contribution is 0.789. The second-order valence-corrected chi connectivity index (χ2v) is 7.47. The van der Waals surface area contributed by atoms with Gasteiger partial charge in [-0.3, -0.25) is 0 Å². The third-order valence-electron chi connectivity index (χ3n) is 4.46. The molecule has 3 nitrogen and oxygen atoms in total. The first-order valence-electron chi connectivity index (χ1n) is 8.75. The zero-order valence-electron chi connectivity index (χ0n) is 14.7. The summed E-state index contributed by atoms with van der Waals surface area (Å²) in [5, 5.41) is 0. The lowest BCUT2D eigenvalue weighted by Crippen LogP contribution is -2.24. The van der Waals surface area contributed by atoms with Crippen LogP contribution in [0.1, 0.15) is 22.3 Å². The van der Waals surface area contributed by atoms with Crippen molar-refractivity contribution < 1.29 is 0 Å². The average molecular weight is 457 g/mol. The Bertz CT molecular complexity index is 793. The Hall–Kier alpha value is -1.89. The van der Waals surface area contributed by atoms with E-state index in [0.717, 1.165) is 24.2 Å². The predicted octanol–water partition coefficient (Wildman–Crippen LogP) is 4.42. The predicted molar refractivity (Wildman–Crippen MR) is 118 cm³/mol. The smallest absolute Gasteiger partial charge is 0.0433 e. The SMILES string of the molecule is NCc1cc(N(Cc2ccccc2)Cc2ccccc2)c(CN)cc1I. The molecule has 0 aromatic heterocycles. The monoisotopic (exact) mass is 457 g/mol. The molecular formula is C22H24IN3. The van der Waals surface area contributed by atoms with Gasteiger partial charge in [-0.1, -0.05) is 60.7 Å². The fourth-order valence-corrected chi connectivity index (χ4v) is 3.85. The van der Waals surface area contributed by atoms with Gasteiger partial charge in [0.05, 0.1) is 0 Å². The number of benzene rings is 3. The van der Waals surface area contributed by atoms with Crippen molar-refractivity contribution in [2.75, 3.05) is 4.90 Å². The molecule has 0 fully saturated rings. The molecule has 4 N–H and O–H groups in total. The summed E-state index contributed by atoms with van der Waals surface area (Å²) in [6.45, 7) is 2.69. The fourth-order valence-electron chi connectivity index (χ4n) is 3.09. The van der Waals surface area contributed by atoms with Crippen molar-refractivity contribution in [3.05, 3.63) is 98.6 Å². The molecule has 0 saturated heterocycles. The van der Waals surface area contributed by atoms with Crippen LogP contribution in [0.5, 0.6) is 0 Å². The highest BCUT2D eigenvalue weighted by Gasteiger charge is 2.15. The second-order valence-electron chi connectivity index (χ2n) is 6.31. The van der Waals surface area contributed by atoms with Gasteiger partial charge in [0.1, 0.15) is 0 Å². The first-order valence-corrected chi connectivity index (χ1v) is 9.83. The van der Waals surface area contributed by atoms with Gasteiger partial charge in [-0.2, -0.15) is 0 Å². The zero-order valence-corrected chi connectivity index (χ0v) is 16.9. The third-order valence-corrected chi connectivity index (χ3v) is 5.46. The van der Waals surface area contributed by atoms with Gasteiger partial charge in [0.25, 0.3) is 0 Å². The van der Waals surface area contributed by atoms with Crippen LogP contribution in [-0.2, 0) is 26.2 Å². The summed E-state index contributed by atoms with van der Waals surface area (Å²) >= 11 is 2.34. The Kier molecular flexibility index (Phi) is 6.66. The van der Waals surface area contributed by atoms with Crippen LogP contribution >= 0.6 is 22.6 Å². The molecule has 0 amide bonds. The van der Waals surface area contributed by atoms with Crippen LogP contribution in [0.4, 0.5) is 5.69 Å².